The Hall–Kier alpha value is -3.08. The van der Waals surface area contributed by atoms with Gasteiger partial charge in [-0.1, -0.05) is 38.5 Å². The van der Waals surface area contributed by atoms with Gasteiger partial charge in [0.25, 0.3) is 0 Å². The minimum absolute atomic E-state index is 0.330. The Morgan fingerprint density at radius 3 is 2.08 bits per heavy atom. The Bertz CT molecular complexity index is 985. The second kappa shape index (κ2) is 15.2. The van der Waals surface area contributed by atoms with Crippen LogP contribution < -0.4 is 9.47 Å². The molecule has 0 radical (unpaired) electrons. The standard InChI is InChI=1S/C32H42O5/c1-4-9-25-10-12-26(13-11-25)27-14-20-30(21-15-27)37-32(34)28-16-18-29(19-17-28)35-22-7-5-6-8-23-36-31(33)24(2)3/h14-21,25-26H,2,4-13,22-23H2,1,3H3. The number of unbranched alkanes of at least 4 members (excludes halogenated alkanes) is 3. The van der Waals surface area contributed by atoms with Gasteiger partial charge in [-0.05, 0) is 112 Å². The SMILES string of the molecule is C=C(C)C(=O)OCCCCCCOc1ccc(C(=O)Oc2ccc(C3CCC(CCC)CC3)cc2)cc1. The van der Waals surface area contributed by atoms with Crippen LogP contribution in [-0.4, -0.2) is 25.2 Å². The van der Waals surface area contributed by atoms with Crippen molar-refractivity contribution in [1.82, 2.24) is 0 Å². The molecule has 5 nitrogen and oxygen atoms in total. The summed E-state index contributed by atoms with van der Waals surface area (Å²) < 4.78 is 16.4. The van der Waals surface area contributed by atoms with Crippen LogP contribution in [0.3, 0.4) is 0 Å². The van der Waals surface area contributed by atoms with Crippen LogP contribution in [-0.2, 0) is 9.53 Å². The molecule has 0 spiro atoms. The number of carbonyl (C=O) groups excluding carboxylic acids is 2. The van der Waals surface area contributed by atoms with E-state index in [9.17, 15) is 9.59 Å². The van der Waals surface area contributed by atoms with Crippen LogP contribution >= 0.6 is 0 Å². The summed E-state index contributed by atoms with van der Waals surface area (Å²) in [4.78, 5) is 23.9. The van der Waals surface area contributed by atoms with Gasteiger partial charge in [-0.2, -0.15) is 0 Å². The number of hydrogen-bond donors (Lipinski definition) is 0. The highest BCUT2D eigenvalue weighted by Crippen LogP contribution is 2.37. The Morgan fingerprint density at radius 2 is 1.46 bits per heavy atom. The Balaban J connectivity index is 1.33. The average Bonchev–Trinajstić information content (AvgIpc) is 2.91. The first-order valence-corrected chi connectivity index (χ1v) is 13.8. The summed E-state index contributed by atoms with van der Waals surface area (Å²) >= 11 is 0. The molecule has 200 valence electrons. The molecule has 1 saturated carbocycles. The van der Waals surface area contributed by atoms with Gasteiger partial charge >= 0.3 is 11.9 Å². The van der Waals surface area contributed by atoms with E-state index >= 15 is 0 Å². The Kier molecular flexibility index (Phi) is 11.7. The first-order valence-electron chi connectivity index (χ1n) is 13.8. The van der Waals surface area contributed by atoms with Crippen molar-refractivity contribution in [1.29, 1.82) is 0 Å². The molecule has 5 heteroatoms. The molecule has 1 aliphatic rings. The lowest BCUT2D eigenvalue weighted by Gasteiger charge is -2.28. The van der Waals surface area contributed by atoms with Gasteiger partial charge in [0, 0.05) is 5.57 Å². The molecule has 3 rings (SSSR count). The molecule has 1 aliphatic carbocycles. The number of esters is 2. The zero-order valence-corrected chi connectivity index (χ0v) is 22.5. The van der Waals surface area contributed by atoms with E-state index in [2.05, 4.69) is 25.6 Å². The fourth-order valence-electron chi connectivity index (χ4n) is 4.89. The minimum Gasteiger partial charge on any atom is -0.494 e. The summed E-state index contributed by atoms with van der Waals surface area (Å²) in [6, 6.07) is 15.1. The van der Waals surface area contributed by atoms with Gasteiger partial charge in [0.1, 0.15) is 11.5 Å². The molecular formula is C32H42O5. The summed E-state index contributed by atoms with van der Waals surface area (Å²) in [5.74, 6) is 2.12. The summed E-state index contributed by atoms with van der Waals surface area (Å²) in [7, 11) is 0. The molecule has 0 atom stereocenters. The number of carbonyl (C=O) groups is 2. The molecule has 0 bridgehead atoms. The van der Waals surface area contributed by atoms with Crippen molar-refractivity contribution in [2.45, 2.75) is 84.0 Å². The molecule has 0 amide bonds. The zero-order chi connectivity index (χ0) is 26.5. The van der Waals surface area contributed by atoms with Crippen molar-refractivity contribution in [3.63, 3.8) is 0 Å². The molecule has 2 aromatic rings. The lowest BCUT2D eigenvalue weighted by molar-refractivity contribution is -0.139. The predicted molar refractivity (Wildman–Crippen MR) is 147 cm³/mol. The topological polar surface area (TPSA) is 61.8 Å². The van der Waals surface area contributed by atoms with Crippen molar-refractivity contribution < 1.29 is 23.8 Å². The van der Waals surface area contributed by atoms with Gasteiger partial charge in [-0.3, -0.25) is 0 Å². The van der Waals surface area contributed by atoms with Crippen LogP contribution in [0.25, 0.3) is 0 Å². The van der Waals surface area contributed by atoms with E-state index in [0.717, 1.165) is 37.4 Å². The Morgan fingerprint density at radius 1 is 0.838 bits per heavy atom. The molecule has 0 heterocycles. The molecular weight excluding hydrogens is 464 g/mol. The number of benzene rings is 2. The third-order valence-corrected chi connectivity index (χ3v) is 7.08. The van der Waals surface area contributed by atoms with Gasteiger partial charge in [0.15, 0.2) is 0 Å². The van der Waals surface area contributed by atoms with E-state index in [0.29, 0.717) is 36.0 Å². The van der Waals surface area contributed by atoms with Gasteiger partial charge in [0.05, 0.1) is 18.8 Å². The highest BCUT2D eigenvalue weighted by atomic mass is 16.5. The van der Waals surface area contributed by atoms with Gasteiger partial charge in [-0.15, -0.1) is 0 Å². The van der Waals surface area contributed by atoms with Crippen molar-refractivity contribution >= 4 is 11.9 Å². The van der Waals surface area contributed by atoms with Crippen LogP contribution in [0.4, 0.5) is 0 Å². The molecule has 0 unspecified atom stereocenters. The van der Waals surface area contributed by atoms with Gasteiger partial charge in [0.2, 0.25) is 0 Å². The summed E-state index contributed by atoms with van der Waals surface area (Å²) in [5.41, 5.74) is 2.27. The van der Waals surface area contributed by atoms with Crippen molar-refractivity contribution in [2.24, 2.45) is 5.92 Å². The second-order valence-corrected chi connectivity index (χ2v) is 10.2. The molecule has 37 heavy (non-hydrogen) atoms. The number of rotatable bonds is 14. The lowest BCUT2D eigenvalue weighted by Crippen LogP contribution is -2.13. The van der Waals surface area contributed by atoms with Gasteiger partial charge in [-0.25, -0.2) is 9.59 Å². The fourth-order valence-corrected chi connectivity index (χ4v) is 4.89. The molecule has 0 aromatic heterocycles. The van der Waals surface area contributed by atoms with Crippen LogP contribution in [0.15, 0.2) is 60.7 Å². The third-order valence-electron chi connectivity index (χ3n) is 7.08. The maximum Gasteiger partial charge on any atom is 0.343 e. The van der Waals surface area contributed by atoms with Crippen molar-refractivity contribution in [3.8, 4) is 11.5 Å². The predicted octanol–water partition coefficient (Wildman–Crippen LogP) is 8.04. The maximum atomic E-state index is 12.6. The number of ether oxygens (including phenoxy) is 3. The number of hydrogen-bond acceptors (Lipinski definition) is 5. The first-order chi connectivity index (χ1) is 18.0. The van der Waals surface area contributed by atoms with E-state index in [-0.39, 0.29) is 11.9 Å². The second-order valence-electron chi connectivity index (χ2n) is 10.2. The largest absolute Gasteiger partial charge is 0.494 e. The van der Waals surface area contributed by atoms with E-state index in [1.165, 1.54) is 44.1 Å². The molecule has 0 aliphatic heterocycles. The lowest BCUT2D eigenvalue weighted by atomic mass is 9.77. The monoisotopic (exact) mass is 506 g/mol. The van der Waals surface area contributed by atoms with Crippen LogP contribution in [0, 0.1) is 5.92 Å². The zero-order valence-electron chi connectivity index (χ0n) is 22.5. The first kappa shape index (κ1) is 28.5. The summed E-state index contributed by atoms with van der Waals surface area (Å²) in [6.07, 6.45) is 11.5. The normalized spacial score (nSPS) is 17.1. The van der Waals surface area contributed by atoms with Gasteiger partial charge < -0.3 is 14.2 Å². The van der Waals surface area contributed by atoms with E-state index in [1.54, 1.807) is 31.2 Å². The smallest absolute Gasteiger partial charge is 0.343 e. The highest BCUT2D eigenvalue weighted by Gasteiger charge is 2.22. The minimum atomic E-state index is -0.369. The molecule has 2 aromatic carbocycles. The van der Waals surface area contributed by atoms with Crippen LogP contribution in [0.1, 0.15) is 99.9 Å². The Labute approximate surface area is 222 Å². The van der Waals surface area contributed by atoms with E-state index < -0.39 is 0 Å². The fraction of sp³-hybridized carbons (Fsp3) is 0.500. The average molecular weight is 507 g/mol. The molecule has 0 saturated heterocycles. The highest BCUT2D eigenvalue weighted by molar-refractivity contribution is 5.91. The summed E-state index contributed by atoms with van der Waals surface area (Å²) in [5, 5.41) is 0. The van der Waals surface area contributed by atoms with Crippen LogP contribution in [0.2, 0.25) is 0 Å². The molecule has 0 N–H and O–H groups in total. The van der Waals surface area contributed by atoms with Crippen molar-refractivity contribution in [2.75, 3.05) is 13.2 Å². The van der Waals surface area contributed by atoms with Crippen LogP contribution in [0.5, 0.6) is 11.5 Å². The van der Waals surface area contributed by atoms with E-state index in [1.807, 2.05) is 12.1 Å². The van der Waals surface area contributed by atoms with E-state index in [4.69, 9.17) is 14.2 Å². The maximum absolute atomic E-state index is 12.6. The third kappa shape index (κ3) is 9.71. The molecule has 1 fully saturated rings. The van der Waals surface area contributed by atoms with Crippen molar-refractivity contribution in [3.05, 3.63) is 71.8 Å². The quantitative estimate of drug-likeness (QED) is 0.112. The summed E-state index contributed by atoms with van der Waals surface area (Å²) in [6.45, 7) is 8.51.